The van der Waals surface area contributed by atoms with Gasteiger partial charge in [-0.05, 0) is 40.2 Å². The number of hydrogen-bond acceptors (Lipinski definition) is 3. The second kappa shape index (κ2) is 9.46. The van der Waals surface area contributed by atoms with Gasteiger partial charge in [0, 0.05) is 6.04 Å². The van der Waals surface area contributed by atoms with Crippen molar-refractivity contribution < 1.29 is 9.08 Å². The molecule has 1 aliphatic rings. The van der Waals surface area contributed by atoms with Gasteiger partial charge in [0.2, 0.25) is 8.32 Å². The molecule has 0 aliphatic carbocycles. The zero-order chi connectivity index (χ0) is 21.3. The van der Waals surface area contributed by atoms with E-state index in [1.807, 2.05) is 0 Å². The van der Waals surface area contributed by atoms with E-state index in [4.69, 9.17) is 9.08 Å². The van der Waals surface area contributed by atoms with Gasteiger partial charge >= 0.3 is 7.62 Å². The van der Waals surface area contributed by atoms with E-state index in [1.165, 1.54) is 0 Å². The summed E-state index contributed by atoms with van der Waals surface area (Å²) < 4.78 is 16.0. The molecule has 0 amide bonds. The van der Waals surface area contributed by atoms with Crippen molar-refractivity contribution in [2.45, 2.75) is 136 Å². The lowest BCUT2D eigenvalue weighted by molar-refractivity contribution is -0.00818. The van der Waals surface area contributed by atoms with E-state index in [-0.39, 0.29) is 12.3 Å². The molecule has 0 spiro atoms. The Bertz CT molecular complexity index is 426. The van der Waals surface area contributed by atoms with Gasteiger partial charge < -0.3 is 13.6 Å². The van der Waals surface area contributed by atoms with Gasteiger partial charge in [-0.25, -0.2) is 0 Å². The predicted octanol–water partition coefficient (Wildman–Crippen LogP) is 6.94. The van der Waals surface area contributed by atoms with Crippen LogP contribution >= 0.6 is 0 Å². The van der Waals surface area contributed by atoms with Crippen molar-refractivity contribution in [3.8, 4) is 0 Å². The first-order valence-electron chi connectivity index (χ1n) is 11.2. The maximum absolute atomic E-state index is 7.03. The topological polar surface area (TPSA) is 21.7 Å². The molecule has 1 saturated heterocycles. The summed E-state index contributed by atoms with van der Waals surface area (Å²) >= 11 is 0. The van der Waals surface area contributed by atoms with Crippen molar-refractivity contribution >= 4 is 24.2 Å². The van der Waals surface area contributed by atoms with Crippen LogP contribution in [0.3, 0.4) is 0 Å². The molecule has 0 bridgehead atoms. The molecular formula is C21H47BNO2Si2. The fourth-order valence-corrected chi connectivity index (χ4v) is 18.9. The first-order valence-corrected chi connectivity index (χ1v) is 15.5. The summed E-state index contributed by atoms with van der Waals surface area (Å²) in [6, 6.07) is 0.284. The zero-order valence-corrected chi connectivity index (χ0v) is 22.5. The van der Waals surface area contributed by atoms with Crippen LogP contribution in [0.4, 0.5) is 0 Å². The Morgan fingerprint density at radius 2 is 1.07 bits per heavy atom. The largest absolute Gasteiger partial charge is 0.399 e. The minimum absolute atomic E-state index is 0.132. The molecule has 0 saturated carbocycles. The summed E-state index contributed by atoms with van der Waals surface area (Å²) in [5.41, 5.74) is 3.72. The molecule has 1 aliphatic heterocycles. The second-order valence-corrected chi connectivity index (χ2v) is 21.7. The maximum Gasteiger partial charge on any atom is 0.393 e. The standard InChI is InChI=1S/C21H47BNO2Si2/c1-14(2)26(15(3)4,16(5)6)23-20(13)21(24-22-23)25-27(17(7)8,18(9)10)19(11)12/h14-21H,1-13H3/t20-,21?/m0/s1. The molecule has 1 rings (SSSR count). The number of rotatable bonds is 9. The predicted molar refractivity (Wildman–Crippen MR) is 125 cm³/mol. The Morgan fingerprint density at radius 3 is 1.37 bits per heavy atom. The Hall–Kier alpha value is 0.379. The van der Waals surface area contributed by atoms with Crippen LogP contribution in [-0.4, -0.2) is 41.0 Å². The van der Waals surface area contributed by atoms with Crippen LogP contribution in [0.2, 0.25) is 33.2 Å². The first-order chi connectivity index (χ1) is 12.3. The molecule has 0 aromatic carbocycles. The van der Waals surface area contributed by atoms with Crippen molar-refractivity contribution in [1.29, 1.82) is 0 Å². The van der Waals surface area contributed by atoms with Gasteiger partial charge in [0.15, 0.2) is 0 Å². The molecular weight excluding hydrogens is 365 g/mol. The maximum atomic E-state index is 7.03. The van der Waals surface area contributed by atoms with Crippen molar-refractivity contribution in [2.75, 3.05) is 0 Å². The molecule has 2 atom stereocenters. The van der Waals surface area contributed by atoms with Crippen LogP contribution < -0.4 is 0 Å². The Morgan fingerprint density at radius 1 is 0.704 bits per heavy atom. The van der Waals surface area contributed by atoms with Crippen molar-refractivity contribution in [1.82, 2.24) is 4.48 Å². The summed E-state index contributed by atoms with van der Waals surface area (Å²) in [7, 11) is -1.67. The zero-order valence-electron chi connectivity index (χ0n) is 20.5. The highest BCUT2D eigenvalue weighted by Gasteiger charge is 2.56. The molecule has 1 heterocycles. The van der Waals surface area contributed by atoms with E-state index in [9.17, 15) is 0 Å². The molecule has 6 heteroatoms. The van der Waals surface area contributed by atoms with Crippen LogP contribution in [0.5, 0.6) is 0 Å². The summed E-state index contributed by atoms with van der Waals surface area (Å²) in [5.74, 6) is 0. The van der Waals surface area contributed by atoms with Crippen LogP contribution in [0.25, 0.3) is 0 Å². The van der Waals surface area contributed by atoms with Crippen LogP contribution in [0, 0.1) is 0 Å². The quantitative estimate of drug-likeness (QED) is 0.383. The Kier molecular flexibility index (Phi) is 8.90. The van der Waals surface area contributed by atoms with Gasteiger partial charge in [-0.3, -0.25) is 0 Å². The molecule has 0 aromatic rings. The van der Waals surface area contributed by atoms with Crippen molar-refractivity contribution in [2.24, 2.45) is 0 Å². The molecule has 159 valence electrons. The normalized spacial score (nSPS) is 22.9. The van der Waals surface area contributed by atoms with E-state index >= 15 is 0 Å². The summed E-state index contributed by atoms with van der Waals surface area (Å²) in [5, 5.41) is 0. The van der Waals surface area contributed by atoms with E-state index < -0.39 is 16.6 Å². The molecule has 0 N–H and O–H groups in total. The lowest BCUT2D eigenvalue weighted by Crippen LogP contribution is -2.63. The molecule has 1 radical (unpaired) electrons. The number of nitrogens with zero attached hydrogens (tertiary/aromatic N) is 1. The molecule has 3 nitrogen and oxygen atoms in total. The van der Waals surface area contributed by atoms with Crippen LogP contribution in [-0.2, 0) is 9.08 Å². The van der Waals surface area contributed by atoms with E-state index in [0.29, 0.717) is 33.2 Å². The fourth-order valence-electron chi connectivity index (χ4n) is 6.54. The average Bonchev–Trinajstić information content (AvgIpc) is 2.84. The minimum Gasteiger partial charge on any atom is -0.399 e. The molecule has 0 aromatic heterocycles. The van der Waals surface area contributed by atoms with Gasteiger partial charge in [0.25, 0.3) is 0 Å². The van der Waals surface area contributed by atoms with Gasteiger partial charge in [-0.15, -0.1) is 0 Å². The second-order valence-electron chi connectivity index (χ2n) is 10.5. The molecule has 1 fully saturated rings. The van der Waals surface area contributed by atoms with Gasteiger partial charge in [0.1, 0.15) is 14.5 Å². The highest BCUT2D eigenvalue weighted by atomic mass is 28.4. The monoisotopic (exact) mass is 412 g/mol. The summed E-state index contributed by atoms with van der Waals surface area (Å²) in [4.78, 5) is 0. The Labute approximate surface area is 173 Å². The average molecular weight is 413 g/mol. The van der Waals surface area contributed by atoms with Crippen LogP contribution in [0.1, 0.15) is 90.0 Å². The lowest BCUT2D eigenvalue weighted by atomic mass is 10.2. The molecule has 1 unspecified atom stereocenters. The third kappa shape index (κ3) is 4.30. The Balaban J connectivity index is 3.24. The molecule has 27 heavy (non-hydrogen) atoms. The fraction of sp³-hybridized carbons (Fsp3) is 1.00. The highest BCUT2D eigenvalue weighted by Crippen LogP contribution is 2.48. The van der Waals surface area contributed by atoms with Crippen LogP contribution in [0.15, 0.2) is 0 Å². The van der Waals surface area contributed by atoms with E-state index in [2.05, 4.69) is 102 Å². The van der Waals surface area contributed by atoms with Crippen molar-refractivity contribution in [3.63, 3.8) is 0 Å². The van der Waals surface area contributed by atoms with Gasteiger partial charge in [-0.2, -0.15) is 0 Å². The minimum atomic E-state index is -1.96. The highest BCUT2D eigenvalue weighted by molar-refractivity contribution is 6.85. The summed E-state index contributed by atoms with van der Waals surface area (Å²) in [6.07, 6.45) is -0.132. The third-order valence-corrected chi connectivity index (χ3v) is 20.4. The first kappa shape index (κ1) is 25.4. The van der Waals surface area contributed by atoms with Gasteiger partial charge in [0.05, 0.1) is 0 Å². The number of hydrogen-bond donors (Lipinski definition) is 0. The van der Waals surface area contributed by atoms with E-state index in [1.54, 1.807) is 0 Å². The summed E-state index contributed by atoms with van der Waals surface area (Å²) in [6.45, 7) is 30.9. The van der Waals surface area contributed by atoms with Gasteiger partial charge in [-0.1, -0.05) is 83.1 Å². The van der Waals surface area contributed by atoms with E-state index in [0.717, 1.165) is 0 Å². The SMILES string of the molecule is CC(C)[Si](OC1O[B]N([Si](C(C)C)(C(C)C)C(C)C)[C@H]1C)(C(C)C)C(C)C. The van der Waals surface area contributed by atoms with Crippen molar-refractivity contribution in [3.05, 3.63) is 0 Å². The lowest BCUT2D eigenvalue weighted by Gasteiger charge is -2.51. The third-order valence-electron chi connectivity index (χ3n) is 7.39. The smallest absolute Gasteiger partial charge is 0.393 e.